The van der Waals surface area contributed by atoms with E-state index in [1.54, 1.807) is 0 Å². The van der Waals surface area contributed by atoms with Crippen LogP contribution in [0.2, 0.25) is 5.02 Å². The predicted octanol–water partition coefficient (Wildman–Crippen LogP) is 4.30. The van der Waals surface area contributed by atoms with Gasteiger partial charge in [-0.25, -0.2) is 4.79 Å². The smallest absolute Gasteiger partial charge is 0.334 e. The number of carbonyl (C=O) groups excluding carboxylic acids is 1. The third-order valence-corrected chi connectivity index (χ3v) is 4.93. The zero-order valence-electron chi connectivity index (χ0n) is 16.5. The molecular weight excluding hydrogens is 388 g/mol. The van der Waals surface area contributed by atoms with Crippen LogP contribution in [0.15, 0.2) is 71.4 Å². The minimum atomic E-state index is -0.235. The van der Waals surface area contributed by atoms with E-state index in [2.05, 4.69) is 10.1 Å². The molecule has 152 valence electrons. The van der Waals surface area contributed by atoms with E-state index in [4.69, 9.17) is 21.2 Å². The van der Waals surface area contributed by atoms with Gasteiger partial charge in [-0.15, -0.1) is 0 Å². The van der Waals surface area contributed by atoms with Crippen molar-refractivity contribution in [2.75, 3.05) is 32.8 Å². The molecule has 0 saturated heterocycles. The molecule has 0 bridgehead atoms. The molecule has 3 rings (SSSR count). The van der Waals surface area contributed by atoms with Gasteiger partial charge in [-0.05, 0) is 19.4 Å². The molecule has 0 aliphatic carbocycles. The molecule has 2 aromatic rings. The van der Waals surface area contributed by atoms with Gasteiger partial charge in [0.15, 0.2) is 0 Å². The summed E-state index contributed by atoms with van der Waals surface area (Å²) >= 11 is 6.38. The molecule has 0 spiro atoms. The lowest BCUT2D eigenvalue weighted by Gasteiger charge is -2.25. The maximum absolute atomic E-state index is 11.9. The maximum Gasteiger partial charge on any atom is 0.334 e. The number of rotatable bonds is 8. The third kappa shape index (κ3) is 5.92. The highest BCUT2D eigenvalue weighted by atomic mass is 35.5. The van der Waals surface area contributed by atoms with E-state index in [9.17, 15) is 4.79 Å². The number of ether oxygens (including phenoxy) is 1. The van der Waals surface area contributed by atoms with E-state index in [0.29, 0.717) is 42.6 Å². The topological polar surface area (TPSA) is 51.1 Å². The Balaban J connectivity index is 1.63. The molecule has 1 heterocycles. The SMILES string of the molecule is CCOC(=O)C1=CCCN(CCO/N=C(\c2ccccc2)c2ccccc2Cl)C1. The Hall–Kier alpha value is -2.63. The first-order chi connectivity index (χ1) is 14.2. The molecular formula is C23H25ClN2O3. The Bertz CT molecular complexity index is 881. The van der Waals surface area contributed by atoms with Crippen molar-refractivity contribution < 1.29 is 14.4 Å². The molecule has 0 N–H and O–H groups in total. The van der Waals surface area contributed by atoms with Gasteiger partial charge in [-0.1, -0.05) is 71.4 Å². The molecule has 0 fully saturated rings. The molecule has 1 aliphatic heterocycles. The Morgan fingerprint density at radius 3 is 2.66 bits per heavy atom. The van der Waals surface area contributed by atoms with Crippen molar-refractivity contribution in [1.82, 2.24) is 4.90 Å². The second kappa shape index (κ2) is 10.8. The summed E-state index contributed by atoms with van der Waals surface area (Å²) < 4.78 is 5.10. The van der Waals surface area contributed by atoms with E-state index in [1.165, 1.54) is 0 Å². The second-order valence-corrected chi connectivity index (χ2v) is 7.04. The monoisotopic (exact) mass is 412 g/mol. The van der Waals surface area contributed by atoms with Gasteiger partial charge in [0.05, 0.1) is 11.6 Å². The molecule has 0 unspecified atom stereocenters. The Morgan fingerprint density at radius 1 is 1.14 bits per heavy atom. The van der Waals surface area contributed by atoms with Crippen LogP contribution in [0.4, 0.5) is 0 Å². The van der Waals surface area contributed by atoms with Gasteiger partial charge < -0.3 is 9.57 Å². The average Bonchev–Trinajstić information content (AvgIpc) is 2.76. The van der Waals surface area contributed by atoms with Crippen LogP contribution in [0.3, 0.4) is 0 Å². The lowest BCUT2D eigenvalue weighted by Crippen LogP contribution is -2.35. The highest BCUT2D eigenvalue weighted by Gasteiger charge is 2.19. The van der Waals surface area contributed by atoms with Crippen molar-refractivity contribution in [3.8, 4) is 0 Å². The number of nitrogens with zero attached hydrogens (tertiary/aromatic N) is 2. The summed E-state index contributed by atoms with van der Waals surface area (Å²) in [6.07, 6.45) is 2.78. The van der Waals surface area contributed by atoms with Crippen LogP contribution in [-0.4, -0.2) is 49.4 Å². The fourth-order valence-electron chi connectivity index (χ4n) is 3.16. The molecule has 29 heavy (non-hydrogen) atoms. The first-order valence-corrected chi connectivity index (χ1v) is 10.2. The van der Waals surface area contributed by atoms with Crippen LogP contribution in [0, 0.1) is 0 Å². The van der Waals surface area contributed by atoms with Crippen molar-refractivity contribution in [3.63, 3.8) is 0 Å². The molecule has 0 radical (unpaired) electrons. The zero-order valence-corrected chi connectivity index (χ0v) is 17.3. The minimum Gasteiger partial charge on any atom is -0.463 e. The molecule has 2 aromatic carbocycles. The molecule has 6 heteroatoms. The molecule has 1 aliphatic rings. The summed E-state index contributed by atoms with van der Waals surface area (Å²) in [4.78, 5) is 19.7. The molecule has 0 amide bonds. The van der Waals surface area contributed by atoms with E-state index in [-0.39, 0.29) is 5.97 Å². The van der Waals surface area contributed by atoms with Gasteiger partial charge in [0.1, 0.15) is 12.3 Å². The number of hydrogen-bond donors (Lipinski definition) is 0. The first-order valence-electron chi connectivity index (χ1n) is 9.78. The fourth-order valence-corrected chi connectivity index (χ4v) is 3.38. The number of benzene rings is 2. The summed E-state index contributed by atoms with van der Waals surface area (Å²) in [6, 6.07) is 17.4. The van der Waals surface area contributed by atoms with Crippen molar-refractivity contribution in [3.05, 3.63) is 82.4 Å². The van der Waals surface area contributed by atoms with E-state index in [1.807, 2.05) is 67.6 Å². The van der Waals surface area contributed by atoms with Gasteiger partial charge in [0.2, 0.25) is 0 Å². The van der Waals surface area contributed by atoms with Crippen LogP contribution in [0.1, 0.15) is 24.5 Å². The number of halogens is 1. The van der Waals surface area contributed by atoms with Crippen molar-refractivity contribution in [2.45, 2.75) is 13.3 Å². The average molecular weight is 413 g/mol. The van der Waals surface area contributed by atoms with Gasteiger partial charge in [-0.2, -0.15) is 0 Å². The quantitative estimate of drug-likeness (QED) is 0.280. The summed E-state index contributed by atoms with van der Waals surface area (Å²) in [5.74, 6) is -0.235. The zero-order chi connectivity index (χ0) is 20.5. The minimum absolute atomic E-state index is 0.235. The Morgan fingerprint density at radius 2 is 1.90 bits per heavy atom. The lowest BCUT2D eigenvalue weighted by atomic mass is 10.0. The Labute approximate surface area is 176 Å². The van der Waals surface area contributed by atoms with Crippen LogP contribution < -0.4 is 0 Å². The highest BCUT2D eigenvalue weighted by Crippen LogP contribution is 2.20. The number of carbonyl (C=O) groups is 1. The normalized spacial score (nSPS) is 15.0. The first kappa shape index (κ1) is 21.1. The fraction of sp³-hybridized carbons (Fsp3) is 0.304. The lowest BCUT2D eigenvalue weighted by molar-refractivity contribution is -0.139. The summed E-state index contributed by atoms with van der Waals surface area (Å²) in [6.45, 7) is 4.74. The van der Waals surface area contributed by atoms with E-state index >= 15 is 0 Å². The third-order valence-electron chi connectivity index (χ3n) is 4.60. The van der Waals surface area contributed by atoms with Crippen LogP contribution in [0.5, 0.6) is 0 Å². The molecule has 5 nitrogen and oxygen atoms in total. The van der Waals surface area contributed by atoms with Crippen LogP contribution in [-0.2, 0) is 14.4 Å². The number of esters is 1. The maximum atomic E-state index is 11.9. The van der Waals surface area contributed by atoms with Gasteiger partial charge in [-0.3, -0.25) is 4.90 Å². The predicted molar refractivity (Wildman–Crippen MR) is 115 cm³/mol. The van der Waals surface area contributed by atoms with Crippen LogP contribution >= 0.6 is 11.6 Å². The number of hydrogen-bond acceptors (Lipinski definition) is 5. The molecule has 0 saturated carbocycles. The summed E-state index contributed by atoms with van der Waals surface area (Å²) in [5.41, 5.74) is 3.17. The largest absolute Gasteiger partial charge is 0.463 e. The summed E-state index contributed by atoms with van der Waals surface area (Å²) in [7, 11) is 0. The molecule has 0 aromatic heterocycles. The van der Waals surface area contributed by atoms with E-state index in [0.717, 1.165) is 24.1 Å². The van der Waals surface area contributed by atoms with Gasteiger partial charge >= 0.3 is 5.97 Å². The Kier molecular flexibility index (Phi) is 7.85. The standard InChI is InChI=1S/C23H25ClN2O3/c1-2-28-23(27)19-11-8-14-26(17-19)15-16-29-25-22(18-9-4-3-5-10-18)20-12-6-7-13-21(20)24/h3-7,9-13H,2,8,14-17H2,1H3/b25-22+. The van der Waals surface area contributed by atoms with E-state index < -0.39 is 0 Å². The summed E-state index contributed by atoms with van der Waals surface area (Å²) in [5, 5.41) is 5.02. The van der Waals surface area contributed by atoms with Crippen molar-refractivity contribution >= 4 is 23.3 Å². The van der Waals surface area contributed by atoms with Gasteiger partial charge in [0.25, 0.3) is 0 Å². The van der Waals surface area contributed by atoms with Crippen molar-refractivity contribution in [2.24, 2.45) is 5.16 Å². The highest BCUT2D eigenvalue weighted by molar-refractivity contribution is 6.35. The van der Waals surface area contributed by atoms with Gasteiger partial charge in [0, 0.05) is 36.3 Å². The van der Waals surface area contributed by atoms with Crippen LogP contribution in [0.25, 0.3) is 0 Å². The second-order valence-electron chi connectivity index (χ2n) is 6.63. The van der Waals surface area contributed by atoms with Crippen molar-refractivity contribution in [1.29, 1.82) is 0 Å². The number of oxime groups is 1. The molecule has 0 atom stereocenters.